The lowest BCUT2D eigenvalue weighted by molar-refractivity contribution is -0.148. The number of hydrogen-bond donors (Lipinski definition) is 2. The Balaban J connectivity index is 1.98. The highest BCUT2D eigenvalue weighted by atomic mass is 35.5. The molecule has 0 spiro atoms. The molecule has 0 amide bonds. The molecule has 2 N–H and O–H groups in total. The molecule has 0 aromatic carbocycles. The van der Waals surface area contributed by atoms with Crippen molar-refractivity contribution in [1.82, 2.24) is 14.9 Å². The standard InChI is InChI=1S/C8H10ClN3O2S/c9-6-5(11-12-15-6)4-10-8(7(13)14)2-1-3-8/h10H,1-4H2,(H,13,14). The van der Waals surface area contributed by atoms with Crippen molar-refractivity contribution in [2.45, 2.75) is 31.3 Å². The molecule has 0 aliphatic heterocycles. The molecule has 15 heavy (non-hydrogen) atoms. The maximum Gasteiger partial charge on any atom is 0.323 e. The lowest BCUT2D eigenvalue weighted by Gasteiger charge is -2.38. The van der Waals surface area contributed by atoms with Crippen LogP contribution < -0.4 is 5.32 Å². The van der Waals surface area contributed by atoms with Crippen molar-refractivity contribution in [2.24, 2.45) is 0 Å². The zero-order valence-corrected chi connectivity index (χ0v) is 9.44. The van der Waals surface area contributed by atoms with Gasteiger partial charge in [-0.05, 0) is 19.3 Å². The predicted molar refractivity (Wildman–Crippen MR) is 56.0 cm³/mol. The Morgan fingerprint density at radius 3 is 2.80 bits per heavy atom. The fraction of sp³-hybridized carbons (Fsp3) is 0.625. The van der Waals surface area contributed by atoms with E-state index in [0.717, 1.165) is 18.0 Å². The van der Waals surface area contributed by atoms with E-state index < -0.39 is 11.5 Å². The third-order valence-corrected chi connectivity index (χ3v) is 3.70. The quantitative estimate of drug-likeness (QED) is 0.839. The SMILES string of the molecule is O=C(O)C1(NCc2nnsc2Cl)CCC1. The van der Waals surface area contributed by atoms with E-state index in [1.54, 1.807) is 0 Å². The van der Waals surface area contributed by atoms with E-state index in [1.165, 1.54) is 0 Å². The fourth-order valence-electron chi connectivity index (χ4n) is 1.55. The summed E-state index contributed by atoms with van der Waals surface area (Å²) in [6, 6.07) is 0. The maximum atomic E-state index is 11.0. The van der Waals surface area contributed by atoms with Crippen LogP contribution in [0.1, 0.15) is 25.0 Å². The Morgan fingerprint density at radius 2 is 2.40 bits per heavy atom. The average molecular weight is 248 g/mol. The average Bonchev–Trinajstić information content (AvgIpc) is 2.49. The molecule has 0 atom stereocenters. The molecule has 1 aromatic rings. The van der Waals surface area contributed by atoms with Crippen LogP contribution in [0.2, 0.25) is 4.34 Å². The van der Waals surface area contributed by atoms with Gasteiger partial charge < -0.3 is 5.11 Å². The zero-order valence-electron chi connectivity index (χ0n) is 7.86. The van der Waals surface area contributed by atoms with E-state index in [1.807, 2.05) is 0 Å². The van der Waals surface area contributed by atoms with Gasteiger partial charge in [-0.1, -0.05) is 16.1 Å². The van der Waals surface area contributed by atoms with Gasteiger partial charge in [0.2, 0.25) is 0 Å². The highest BCUT2D eigenvalue weighted by molar-refractivity contribution is 7.10. The largest absolute Gasteiger partial charge is 0.480 e. The highest BCUT2D eigenvalue weighted by Gasteiger charge is 2.44. The lowest BCUT2D eigenvalue weighted by atomic mass is 9.77. The molecule has 82 valence electrons. The Labute approximate surface area is 95.6 Å². The lowest BCUT2D eigenvalue weighted by Crippen LogP contribution is -2.56. The molecule has 5 nitrogen and oxygen atoms in total. The van der Waals surface area contributed by atoms with Crippen LogP contribution >= 0.6 is 23.1 Å². The van der Waals surface area contributed by atoms with Crippen molar-refractivity contribution < 1.29 is 9.90 Å². The van der Waals surface area contributed by atoms with E-state index in [4.69, 9.17) is 16.7 Å². The summed E-state index contributed by atoms with van der Waals surface area (Å²) in [5.41, 5.74) is -0.151. The first-order valence-electron chi connectivity index (χ1n) is 4.59. The van der Waals surface area contributed by atoms with Crippen molar-refractivity contribution in [3.05, 3.63) is 10.0 Å². The van der Waals surface area contributed by atoms with Crippen LogP contribution in [0.5, 0.6) is 0 Å². The summed E-state index contributed by atoms with van der Waals surface area (Å²) in [6.45, 7) is 0.363. The molecule has 0 bridgehead atoms. The van der Waals surface area contributed by atoms with Gasteiger partial charge in [-0.3, -0.25) is 10.1 Å². The molecular weight excluding hydrogens is 238 g/mol. The summed E-state index contributed by atoms with van der Waals surface area (Å²) in [6.07, 6.45) is 2.28. The summed E-state index contributed by atoms with van der Waals surface area (Å²) < 4.78 is 4.20. The minimum atomic E-state index is -0.798. The van der Waals surface area contributed by atoms with Crippen molar-refractivity contribution in [2.75, 3.05) is 0 Å². The monoisotopic (exact) mass is 247 g/mol. The first-order valence-corrected chi connectivity index (χ1v) is 5.74. The molecule has 2 rings (SSSR count). The summed E-state index contributed by atoms with van der Waals surface area (Å²) >= 11 is 6.92. The Morgan fingerprint density at radius 1 is 1.67 bits per heavy atom. The van der Waals surface area contributed by atoms with Gasteiger partial charge in [-0.15, -0.1) is 5.10 Å². The number of hydrogen-bond acceptors (Lipinski definition) is 5. The molecule has 1 aliphatic rings. The molecule has 0 radical (unpaired) electrons. The number of carboxylic acids is 1. The number of nitrogens with one attached hydrogen (secondary N) is 1. The van der Waals surface area contributed by atoms with Gasteiger partial charge >= 0.3 is 5.97 Å². The number of rotatable bonds is 4. The number of aliphatic carboxylic acids is 1. The van der Waals surface area contributed by atoms with E-state index in [2.05, 4.69) is 14.9 Å². The van der Waals surface area contributed by atoms with E-state index in [9.17, 15) is 4.79 Å². The number of halogens is 1. The van der Waals surface area contributed by atoms with Crippen molar-refractivity contribution in [3.8, 4) is 0 Å². The van der Waals surface area contributed by atoms with Gasteiger partial charge in [0.1, 0.15) is 15.6 Å². The van der Waals surface area contributed by atoms with Gasteiger partial charge in [0.25, 0.3) is 0 Å². The number of carbonyl (C=O) groups is 1. The summed E-state index contributed by atoms with van der Waals surface area (Å²) in [5, 5.41) is 15.9. The molecule has 0 unspecified atom stereocenters. The van der Waals surface area contributed by atoms with Gasteiger partial charge in [0.15, 0.2) is 0 Å². The van der Waals surface area contributed by atoms with Gasteiger partial charge in [-0.25, -0.2) is 0 Å². The van der Waals surface area contributed by atoms with Crippen LogP contribution in [0.4, 0.5) is 0 Å². The smallest absolute Gasteiger partial charge is 0.323 e. The van der Waals surface area contributed by atoms with Crippen LogP contribution in [0.25, 0.3) is 0 Å². The Kier molecular flexibility index (Phi) is 2.90. The van der Waals surface area contributed by atoms with E-state index in [0.29, 0.717) is 29.4 Å². The minimum absolute atomic E-state index is 0.363. The molecular formula is C8H10ClN3O2S. The summed E-state index contributed by atoms with van der Waals surface area (Å²) in [7, 11) is 0. The summed E-state index contributed by atoms with van der Waals surface area (Å²) in [4.78, 5) is 11.0. The second-order valence-corrected chi connectivity index (χ2v) is 4.94. The van der Waals surface area contributed by atoms with Crippen molar-refractivity contribution >= 4 is 29.1 Å². The van der Waals surface area contributed by atoms with Crippen molar-refractivity contribution in [3.63, 3.8) is 0 Å². The van der Waals surface area contributed by atoms with Crippen LogP contribution in [0, 0.1) is 0 Å². The fourth-order valence-corrected chi connectivity index (χ4v) is 2.18. The maximum absolute atomic E-state index is 11.0. The van der Waals surface area contributed by atoms with Crippen LogP contribution in [0.15, 0.2) is 0 Å². The second kappa shape index (κ2) is 4.03. The third-order valence-electron chi connectivity index (χ3n) is 2.72. The Hall–Kier alpha value is -0.720. The predicted octanol–water partition coefficient (Wildman–Crippen LogP) is 1.29. The van der Waals surface area contributed by atoms with Gasteiger partial charge in [0.05, 0.1) is 0 Å². The third kappa shape index (κ3) is 1.97. The van der Waals surface area contributed by atoms with Crippen LogP contribution in [0.3, 0.4) is 0 Å². The molecule has 1 aliphatic carbocycles. The number of carboxylic acid groups (broad SMARTS) is 1. The number of nitrogens with zero attached hydrogens (tertiary/aromatic N) is 2. The zero-order chi connectivity index (χ0) is 10.9. The Bertz CT molecular complexity index is 378. The first kappa shape index (κ1) is 10.8. The molecule has 7 heteroatoms. The van der Waals surface area contributed by atoms with E-state index in [-0.39, 0.29) is 0 Å². The molecule has 1 saturated carbocycles. The van der Waals surface area contributed by atoms with Crippen LogP contribution in [-0.4, -0.2) is 26.2 Å². The first-order chi connectivity index (χ1) is 7.14. The van der Waals surface area contributed by atoms with Gasteiger partial charge in [0, 0.05) is 18.1 Å². The minimum Gasteiger partial charge on any atom is -0.480 e. The van der Waals surface area contributed by atoms with Gasteiger partial charge in [-0.2, -0.15) is 0 Å². The molecule has 0 saturated heterocycles. The summed E-state index contributed by atoms with van der Waals surface area (Å²) in [5.74, 6) is -0.798. The highest BCUT2D eigenvalue weighted by Crippen LogP contribution is 2.32. The second-order valence-electron chi connectivity index (χ2n) is 3.59. The molecule has 1 aromatic heterocycles. The molecule has 1 fully saturated rings. The molecule has 1 heterocycles. The van der Waals surface area contributed by atoms with Crippen LogP contribution in [-0.2, 0) is 11.3 Å². The number of aromatic nitrogens is 2. The normalized spacial score (nSPS) is 18.5. The van der Waals surface area contributed by atoms with E-state index >= 15 is 0 Å². The van der Waals surface area contributed by atoms with Crippen molar-refractivity contribution in [1.29, 1.82) is 0 Å². The topological polar surface area (TPSA) is 75.1 Å².